The fourth-order valence-corrected chi connectivity index (χ4v) is 2.75. The maximum atomic E-state index is 13.7. The molecule has 1 heterocycles. The van der Waals surface area contributed by atoms with Crippen molar-refractivity contribution in [1.82, 2.24) is 4.90 Å². The minimum Gasteiger partial charge on any atom is -0.465 e. The van der Waals surface area contributed by atoms with Gasteiger partial charge in [0.1, 0.15) is 0 Å². The first-order chi connectivity index (χ1) is 15.9. The maximum absolute atomic E-state index is 13.7. The molecule has 4 nitrogen and oxygen atoms in total. The van der Waals surface area contributed by atoms with E-state index < -0.39 is 73.6 Å². The summed E-state index contributed by atoms with van der Waals surface area (Å²) in [5, 5.41) is 0. The van der Waals surface area contributed by atoms with Gasteiger partial charge in [-0.25, -0.2) is 0 Å². The molecule has 0 atom stereocenters. The van der Waals surface area contributed by atoms with Crippen LogP contribution in [0.15, 0.2) is 0 Å². The molecule has 0 bridgehead atoms. The van der Waals surface area contributed by atoms with Gasteiger partial charge in [0.15, 0.2) is 0 Å². The SMILES string of the molecule is O=C(CCN1CCOCC1)OCCC(F)(F)C(F)(F)CC(F)(F)C(F)(F)C(F)(F)C(F)(F)C(F)(F)F. The Hall–Kier alpha value is -1.66. The van der Waals surface area contributed by atoms with Crippen LogP contribution in [0.5, 0.6) is 0 Å². The third kappa shape index (κ3) is 6.61. The Morgan fingerprint density at radius 1 is 0.694 bits per heavy atom. The quantitative estimate of drug-likeness (QED) is 0.233. The topological polar surface area (TPSA) is 38.8 Å². The van der Waals surface area contributed by atoms with Crippen molar-refractivity contribution in [2.45, 2.75) is 61.0 Å². The lowest BCUT2D eigenvalue weighted by atomic mass is 9.91. The standard InChI is InChI=1S/C17H18F15NO3/c18-11(19,2-6-36-10(34)1-3-33-4-7-35-8-5-33)12(20,21)9-13(22,23)14(24,25)15(26,27)16(28,29)17(30,31)32/h1-9H2. The van der Waals surface area contributed by atoms with Crippen LogP contribution in [0, 0.1) is 0 Å². The zero-order valence-electron chi connectivity index (χ0n) is 17.7. The lowest BCUT2D eigenvalue weighted by Crippen LogP contribution is -2.67. The van der Waals surface area contributed by atoms with Crippen molar-refractivity contribution in [2.24, 2.45) is 0 Å². The largest absolute Gasteiger partial charge is 0.465 e. The van der Waals surface area contributed by atoms with E-state index in [-0.39, 0.29) is 6.54 Å². The van der Waals surface area contributed by atoms with E-state index in [1.165, 1.54) is 0 Å². The van der Waals surface area contributed by atoms with Crippen molar-refractivity contribution >= 4 is 5.97 Å². The van der Waals surface area contributed by atoms with E-state index in [0.29, 0.717) is 26.3 Å². The Kier molecular flexibility index (Phi) is 9.54. The summed E-state index contributed by atoms with van der Waals surface area (Å²) in [6.45, 7) is -0.129. The van der Waals surface area contributed by atoms with Crippen LogP contribution in [0.3, 0.4) is 0 Å². The predicted octanol–water partition coefficient (Wildman–Crippen LogP) is 5.41. The van der Waals surface area contributed by atoms with Gasteiger partial charge in [-0.15, -0.1) is 0 Å². The van der Waals surface area contributed by atoms with Crippen LogP contribution in [-0.2, 0) is 14.3 Å². The molecule has 0 spiro atoms. The highest BCUT2D eigenvalue weighted by molar-refractivity contribution is 5.69. The van der Waals surface area contributed by atoms with Crippen molar-refractivity contribution in [3.63, 3.8) is 0 Å². The molecule has 19 heteroatoms. The summed E-state index contributed by atoms with van der Waals surface area (Å²) in [6, 6.07) is 0. The number of carbonyl (C=O) groups is 1. The van der Waals surface area contributed by atoms with E-state index in [0.717, 1.165) is 0 Å². The number of halogens is 15. The Morgan fingerprint density at radius 2 is 1.19 bits per heavy atom. The zero-order valence-corrected chi connectivity index (χ0v) is 17.7. The van der Waals surface area contributed by atoms with Gasteiger partial charge in [0, 0.05) is 19.6 Å². The molecule has 0 aromatic rings. The molecule has 0 N–H and O–H groups in total. The monoisotopic (exact) mass is 569 g/mol. The van der Waals surface area contributed by atoms with Crippen molar-refractivity contribution in [1.29, 1.82) is 0 Å². The molecule has 0 aromatic carbocycles. The molecule has 1 aliphatic rings. The second-order valence-corrected chi connectivity index (χ2v) is 7.69. The van der Waals surface area contributed by atoms with Crippen molar-refractivity contribution < 1.29 is 80.1 Å². The van der Waals surface area contributed by atoms with Crippen LogP contribution in [-0.4, -0.2) is 92.0 Å². The highest BCUT2D eigenvalue weighted by atomic mass is 19.4. The van der Waals surface area contributed by atoms with E-state index in [9.17, 15) is 70.7 Å². The molecule has 1 aliphatic heterocycles. The minimum atomic E-state index is -8.01. The number of ether oxygens (including phenoxy) is 2. The molecule has 0 aliphatic carbocycles. The highest BCUT2D eigenvalue weighted by Gasteiger charge is 2.88. The van der Waals surface area contributed by atoms with Gasteiger partial charge in [0.25, 0.3) is 0 Å². The average Bonchev–Trinajstić information content (AvgIpc) is 2.70. The van der Waals surface area contributed by atoms with Crippen LogP contribution < -0.4 is 0 Å². The minimum absolute atomic E-state index is 0.0345. The van der Waals surface area contributed by atoms with Crippen molar-refractivity contribution in [3.8, 4) is 0 Å². The fraction of sp³-hybridized carbons (Fsp3) is 0.941. The molecule has 0 saturated carbocycles. The Morgan fingerprint density at radius 3 is 1.67 bits per heavy atom. The van der Waals surface area contributed by atoms with Crippen LogP contribution in [0.2, 0.25) is 0 Å². The summed E-state index contributed by atoms with van der Waals surface area (Å²) in [4.78, 5) is 13.2. The number of hydrogen-bond acceptors (Lipinski definition) is 4. The summed E-state index contributed by atoms with van der Waals surface area (Å²) in [6.07, 6.45) is -14.5. The van der Waals surface area contributed by atoms with Gasteiger partial charge in [0.2, 0.25) is 0 Å². The third-order valence-corrected chi connectivity index (χ3v) is 5.00. The fourth-order valence-electron chi connectivity index (χ4n) is 2.75. The summed E-state index contributed by atoms with van der Waals surface area (Å²) in [5.41, 5.74) is 0. The molecule has 1 rings (SSSR count). The summed E-state index contributed by atoms with van der Waals surface area (Å²) in [5.74, 6) is -44.2. The molecule has 0 unspecified atom stereocenters. The Balaban J connectivity index is 2.85. The van der Waals surface area contributed by atoms with Crippen LogP contribution in [0.4, 0.5) is 65.9 Å². The van der Waals surface area contributed by atoms with E-state index in [1.807, 2.05) is 0 Å². The lowest BCUT2D eigenvalue weighted by molar-refractivity contribution is -0.427. The highest BCUT2D eigenvalue weighted by Crippen LogP contribution is 2.59. The summed E-state index contributed by atoms with van der Waals surface area (Å²) >= 11 is 0. The normalized spacial score (nSPS) is 17.9. The number of alkyl halides is 15. The molecular formula is C17H18F15NO3. The Bertz CT molecular complexity index is 748. The van der Waals surface area contributed by atoms with Gasteiger partial charge < -0.3 is 9.47 Å². The van der Waals surface area contributed by atoms with Crippen LogP contribution in [0.25, 0.3) is 0 Å². The van der Waals surface area contributed by atoms with Crippen molar-refractivity contribution in [2.75, 3.05) is 39.5 Å². The number of rotatable bonds is 12. The van der Waals surface area contributed by atoms with Crippen LogP contribution >= 0.6 is 0 Å². The van der Waals surface area contributed by atoms with Crippen molar-refractivity contribution in [3.05, 3.63) is 0 Å². The predicted molar refractivity (Wildman–Crippen MR) is 87.8 cm³/mol. The van der Waals surface area contributed by atoms with Gasteiger partial charge in [-0.2, -0.15) is 65.9 Å². The summed E-state index contributed by atoms with van der Waals surface area (Å²) in [7, 11) is 0. The first kappa shape index (κ1) is 32.4. The third-order valence-electron chi connectivity index (χ3n) is 5.00. The maximum Gasteiger partial charge on any atom is 0.460 e. The van der Waals surface area contributed by atoms with Gasteiger partial charge in [-0.3, -0.25) is 9.69 Å². The van der Waals surface area contributed by atoms with E-state index in [2.05, 4.69) is 4.74 Å². The van der Waals surface area contributed by atoms with Gasteiger partial charge >= 0.3 is 47.7 Å². The van der Waals surface area contributed by atoms with E-state index in [4.69, 9.17) is 4.74 Å². The molecule has 214 valence electrons. The number of hydrogen-bond donors (Lipinski definition) is 0. The Labute approximate surface area is 192 Å². The molecule has 1 fully saturated rings. The molecule has 0 aromatic heterocycles. The second kappa shape index (κ2) is 10.6. The average molecular weight is 569 g/mol. The first-order valence-corrected chi connectivity index (χ1v) is 9.72. The number of nitrogens with zero attached hydrogens (tertiary/aromatic N) is 1. The molecule has 1 saturated heterocycles. The van der Waals surface area contributed by atoms with Gasteiger partial charge in [-0.05, 0) is 0 Å². The number of esters is 1. The first-order valence-electron chi connectivity index (χ1n) is 9.72. The number of morpholine rings is 1. The van der Waals surface area contributed by atoms with E-state index >= 15 is 0 Å². The zero-order chi connectivity index (χ0) is 28.4. The molecular weight excluding hydrogens is 551 g/mol. The smallest absolute Gasteiger partial charge is 0.460 e. The molecule has 0 radical (unpaired) electrons. The number of carbonyl (C=O) groups excluding carboxylic acids is 1. The molecule has 0 amide bonds. The second-order valence-electron chi connectivity index (χ2n) is 7.69. The van der Waals surface area contributed by atoms with E-state index in [1.54, 1.807) is 4.90 Å². The van der Waals surface area contributed by atoms with Crippen LogP contribution in [0.1, 0.15) is 19.3 Å². The van der Waals surface area contributed by atoms with Gasteiger partial charge in [-0.1, -0.05) is 0 Å². The molecule has 36 heavy (non-hydrogen) atoms. The summed E-state index contributed by atoms with van der Waals surface area (Å²) < 4.78 is 206. The van der Waals surface area contributed by atoms with Gasteiger partial charge in [0.05, 0.1) is 39.1 Å². The lowest BCUT2D eigenvalue weighted by Gasteiger charge is -2.39.